The van der Waals surface area contributed by atoms with Crippen molar-refractivity contribution in [3.63, 3.8) is 0 Å². The van der Waals surface area contributed by atoms with E-state index < -0.39 is 0 Å². The highest BCUT2D eigenvalue weighted by molar-refractivity contribution is 7.56. The van der Waals surface area contributed by atoms with Gasteiger partial charge in [0, 0.05) is 0 Å². The molecule has 70 valence electrons. The number of rotatable bonds is 0. The molecule has 0 saturated carbocycles. The van der Waals surface area contributed by atoms with Crippen LogP contribution in [0.15, 0.2) is 0 Å². The fraction of sp³-hybridized carbons (Fsp3) is 0.125. The first-order valence-electron chi connectivity index (χ1n) is 3.61. The van der Waals surface area contributed by atoms with Crippen LogP contribution in [-0.4, -0.2) is 9.19 Å². The number of anilines is 1. The normalized spacial score (nSPS) is 8.79. The molecule has 0 amide bonds. The molecule has 0 spiro atoms. The van der Waals surface area contributed by atoms with Crippen molar-refractivity contribution in [1.82, 2.24) is 4.98 Å². The van der Waals surface area contributed by atoms with Crippen molar-refractivity contribution >= 4 is 17.1 Å². The van der Waals surface area contributed by atoms with Crippen molar-refractivity contribution in [2.75, 3.05) is 5.73 Å². The largest absolute Gasteiger partial charge is 0.384 e. The van der Waals surface area contributed by atoms with Crippen molar-refractivity contribution in [3.8, 4) is 12.1 Å². The van der Waals surface area contributed by atoms with Crippen LogP contribution in [0.3, 0.4) is 0 Å². The summed E-state index contributed by atoms with van der Waals surface area (Å²) in [7, 11) is 0. The molecule has 0 atom stereocenters. The highest BCUT2D eigenvalue weighted by atomic mass is 32.1. The van der Waals surface area contributed by atoms with Crippen LogP contribution >= 0.6 is 0 Å². The zero-order chi connectivity index (χ0) is 10.7. The highest BCUT2D eigenvalue weighted by Gasteiger charge is 2.10. The van der Waals surface area contributed by atoms with Crippen molar-refractivity contribution in [2.24, 2.45) is 0 Å². The van der Waals surface area contributed by atoms with Gasteiger partial charge in [0.05, 0.1) is 11.1 Å². The maximum absolute atomic E-state index is 10.6. The summed E-state index contributed by atoms with van der Waals surface area (Å²) in [5.41, 5.74) is 6.31. The predicted molar refractivity (Wildman–Crippen MR) is 50.8 cm³/mol. The number of nitrogens with two attached hydrogens (primary N) is 1. The first-order valence-corrected chi connectivity index (χ1v) is 4.35. The third kappa shape index (κ3) is 1.39. The van der Waals surface area contributed by atoms with Crippen molar-refractivity contribution in [3.05, 3.63) is 21.3 Å². The molecule has 1 aromatic rings. The molecule has 1 aromatic heterocycles. The zero-order valence-corrected chi connectivity index (χ0v) is 8.10. The lowest BCUT2D eigenvalue weighted by Gasteiger charge is -2.03. The standard InChI is InChI=1S/C8H6N4OS/c1-4-5(2-9)7(11)12-8(14-13)6(4)3-10/h12H,11H2,1H3. The molecule has 0 bridgehead atoms. The number of nitrogen functional groups attached to an aromatic ring is 1. The second-order valence-electron chi connectivity index (χ2n) is 2.55. The van der Waals surface area contributed by atoms with Gasteiger partial charge in [0.2, 0.25) is 0 Å². The molecule has 14 heavy (non-hydrogen) atoms. The molecule has 0 aliphatic rings. The van der Waals surface area contributed by atoms with E-state index in [2.05, 4.69) is 4.98 Å². The van der Waals surface area contributed by atoms with Gasteiger partial charge in [-0.3, -0.25) is 0 Å². The van der Waals surface area contributed by atoms with Gasteiger partial charge in [-0.2, -0.15) is 10.5 Å². The molecule has 0 radical (unpaired) electrons. The van der Waals surface area contributed by atoms with Crippen molar-refractivity contribution < 1.29 is 4.21 Å². The highest BCUT2D eigenvalue weighted by Crippen LogP contribution is 2.16. The molecule has 0 saturated heterocycles. The minimum Gasteiger partial charge on any atom is -0.384 e. The molecule has 6 heteroatoms. The van der Waals surface area contributed by atoms with Crippen molar-refractivity contribution in [2.45, 2.75) is 6.92 Å². The Hall–Kier alpha value is -2.05. The fourth-order valence-corrected chi connectivity index (χ4v) is 1.52. The van der Waals surface area contributed by atoms with Gasteiger partial charge in [-0.15, -0.1) is 0 Å². The quantitative estimate of drug-likeness (QED) is 0.599. The molecular formula is C8H6N4OS. The number of hydrogen-bond acceptors (Lipinski definition) is 4. The van der Waals surface area contributed by atoms with E-state index in [0.29, 0.717) is 5.56 Å². The van der Waals surface area contributed by atoms with Crippen LogP contribution < -0.4 is 5.73 Å². The number of nitrogens with zero attached hydrogens (tertiary/aromatic N) is 2. The number of pyridine rings is 1. The first kappa shape index (κ1) is 10.0. The molecule has 0 aliphatic carbocycles. The van der Waals surface area contributed by atoms with Gasteiger partial charge in [-0.05, 0) is 12.5 Å². The third-order valence-electron chi connectivity index (χ3n) is 1.80. The summed E-state index contributed by atoms with van der Waals surface area (Å²) in [4.78, 5) is 2.52. The number of hydrogen-bond donors (Lipinski definition) is 2. The summed E-state index contributed by atoms with van der Waals surface area (Å²) >= 11 is 0.150. The number of H-pyrrole nitrogens is 1. The number of aromatic amines is 1. The van der Waals surface area contributed by atoms with E-state index in [-0.39, 0.29) is 32.8 Å². The van der Waals surface area contributed by atoms with Gasteiger partial charge in [-0.25, -0.2) is 4.21 Å². The summed E-state index contributed by atoms with van der Waals surface area (Å²) in [5, 5.41) is 17.5. The Kier molecular flexibility index (Phi) is 2.70. The summed E-state index contributed by atoms with van der Waals surface area (Å²) in [5.74, 6) is 0.113. The lowest BCUT2D eigenvalue weighted by Crippen LogP contribution is -2.01. The van der Waals surface area contributed by atoms with E-state index in [0.717, 1.165) is 0 Å². The third-order valence-corrected chi connectivity index (χ3v) is 2.27. The van der Waals surface area contributed by atoms with E-state index in [4.69, 9.17) is 16.3 Å². The molecule has 0 fully saturated rings. The van der Waals surface area contributed by atoms with Crippen LogP contribution in [0.1, 0.15) is 16.7 Å². The number of nitriles is 2. The summed E-state index contributed by atoms with van der Waals surface area (Å²) < 4.78 is 10.8. The Labute approximate surface area is 83.5 Å². The Morgan fingerprint density at radius 3 is 2.36 bits per heavy atom. The van der Waals surface area contributed by atoms with Gasteiger partial charge in [0.1, 0.15) is 29.2 Å². The Balaban J connectivity index is 3.88. The lowest BCUT2D eigenvalue weighted by atomic mass is 10.1. The van der Waals surface area contributed by atoms with Gasteiger partial charge >= 0.3 is 0 Å². The average Bonchev–Trinajstić information content (AvgIpc) is 2.17. The SMILES string of the molecule is Cc1c(C#N)c(N)[nH]c(=S=O)c1C#N. The predicted octanol–water partition coefficient (Wildman–Crippen LogP) is 0.394. The number of aromatic nitrogens is 1. The second kappa shape index (κ2) is 3.77. The van der Waals surface area contributed by atoms with Gasteiger partial charge < -0.3 is 10.7 Å². The minimum atomic E-state index is 0.113. The second-order valence-corrected chi connectivity index (χ2v) is 3.12. The van der Waals surface area contributed by atoms with Crippen LogP contribution in [0.2, 0.25) is 0 Å². The van der Waals surface area contributed by atoms with E-state index in [1.165, 1.54) is 0 Å². The summed E-state index contributed by atoms with van der Waals surface area (Å²) in [6, 6.07) is 3.73. The molecule has 0 aromatic carbocycles. The van der Waals surface area contributed by atoms with Crippen LogP contribution in [0.5, 0.6) is 0 Å². The van der Waals surface area contributed by atoms with Crippen LogP contribution in [-0.2, 0) is 11.3 Å². The topological polar surface area (TPSA) is 106 Å². The van der Waals surface area contributed by atoms with E-state index in [1.807, 2.05) is 12.1 Å². The fourth-order valence-electron chi connectivity index (χ4n) is 1.09. The van der Waals surface area contributed by atoms with E-state index in [1.54, 1.807) is 6.92 Å². The smallest absolute Gasteiger partial charge is 0.153 e. The molecular weight excluding hydrogens is 200 g/mol. The van der Waals surface area contributed by atoms with E-state index in [9.17, 15) is 4.21 Å². The monoisotopic (exact) mass is 206 g/mol. The van der Waals surface area contributed by atoms with Gasteiger partial charge in [0.15, 0.2) is 4.64 Å². The summed E-state index contributed by atoms with van der Waals surface area (Å²) in [6.45, 7) is 1.58. The molecule has 1 heterocycles. The van der Waals surface area contributed by atoms with E-state index >= 15 is 0 Å². The zero-order valence-electron chi connectivity index (χ0n) is 7.29. The molecule has 5 nitrogen and oxygen atoms in total. The van der Waals surface area contributed by atoms with Crippen LogP contribution in [0, 0.1) is 34.2 Å². The van der Waals surface area contributed by atoms with Crippen LogP contribution in [0.4, 0.5) is 5.82 Å². The first-order chi connectivity index (χ1) is 6.65. The maximum Gasteiger partial charge on any atom is 0.153 e. The molecule has 1 rings (SSSR count). The Morgan fingerprint density at radius 1 is 1.36 bits per heavy atom. The average molecular weight is 206 g/mol. The Bertz CT molecular complexity index is 554. The maximum atomic E-state index is 10.6. The molecule has 0 aliphatic heterocycles. The Morgan fingerprint density at radius 2 is 1.93 bits per heavy atom. The number of nitrogens with one attached hydrogen (secondary N) is 1. The van der Waals surface area contributed by atoms with Crippen LogP contribution in [0.25, 0.3) is 0 Å². The lowest BCUT2D eigenvalue weighted by molar-refractivity contribution is 0.699. The van der Waals surface area contributed by atoms with Gasteiger partial charge in [0.25, 0.3) is 0 Å². The molecule has 3 N–H and O–H groups in total. The summed E-state index contributed by atoms with van der Waals surface area (Å²) in [6.07, 6.45) is 0. The molecule has 0 unspecified atom stereocenters. The van der Waals surface area contributed by atoms with Crippen molar-refractivity contribution in [1.29, 1.82) is 10.5 Å². The minimum absolute atomic E-state index is 0.113. The van der Waals surface area contributed by atoms with Gasteiger partial charge in [-0.1, -0.05) is 0 Å².